The molecule has 6 nitrogen and oxygen atoms in total. The first kappa shape index (κ1) is 21.6. The highest BCUT2D eigenvalue weighted by molar-refractivity contribution is 6.74. The zero-order valence-electron chi connectivity index (χ0n) is 18.9. The Morgan fingerprint density at radius 1 is 1.40 bits per heavy atom. The molecule has 2 aliphatic heterocycles. The number of ether oxygens (including phenoxy) is 2. The molecule has 0 bridgehead atoms. The number of fused-ring (bicyclic) bond motifs is 2. The minimum absolute atomic E-state index is 0.0144. The van der Waals surface area contributed by atoms with E-state index in [0.29, 0.717) is 12.0 Å². The maximum atomic E-state index is 13.2. The van der Waals surface area contributed by atoms with Gasteiger partial charge in [0.1, 0.15) is 11.5 Å². The number of hydrogen-bond acceptors (Lipinski definition) is 6. The molecule has 0 unspecified atom stereocenters. The van der Waals surface area contributed by atoms with Gasteiger partial charge in [0.15, 0.2) is 13.9 Å². The van der Waals surface area contributed by atoms with Crippen molar-refractivity contribution in [2.45, 2.75) is 89.0 Å². The number of aliphatic hydroxyl groups excluding tert-OH is 1. The molecule has 0 aromatic carbocycles. The van der Waals surface area contributed by atoms with Crippen molar-refractivity contribution >= 4 is 20.3 Å². The fourth-order valence-electron chi connectivity index (χ4n) is 6.32. The molecule has 7 atom stereocenters. The first-order chi connectivity index (χ1) is 13.7. The number of esters is 2. The summed E-state index contributed by atoms with van der Waals surface area (Å²) in [6.45, 7) is 14.6. The number of carbonyl (C=O) groups is 2. The van der Waals surface area contributed by atoms with Gasteiger partial charge in [0.2, 0.25) is 0 Å². The highest BCUT2D eigenvalue weighted by Gasteiger charge is 2.91. The summed E-state index contributed by atoms with van der Waals surface area (Å²) in [5, 5.41) is 11.1. The van der Waals surface area contributed by atoms with Crippen molar-refractivity contribution in [3.8, 4) is 12.3 Å². The van der Waals surface area contributed by atoms with Crippen LogP contribution in [0, 0.1) is 29.6 Å². The molecule has 0 aromatic rings. The molecule has 0 aromatic heterocycles. The van der Waals surface area contributed by atoms with Crippen LogP contribution in [-0.4, -0.2) is 48.8 Å². The number of rotatable bonds is 4. The lowest BCUT2D eigenvalue weighted by Gasteiger charge is -2.64. The van der Waals surface area contributed by atoms with E-state index in [0.717, 1.165) is 0 Å². The first-order valence-corrected chi connectivity index (χ1v) is 13.5. The second-order valence-corrected chi connectivity index (χ2v) is 15.9. The molecule has 1 saturated heterocycles. The van der Waals surface area contributed by atoms with Crippen LogP contribution in [0.3, 0.4) is 0 Å². The van der Waals surface area contributed by atoms with Crippen molar-refractivity contribution in [3.63, 3.8) is 0 Å². The molecule has 4 rings (SSSR count). The molecular formula is C23H32O6Si. The number of aliphatic hydroxyl groups is 1. The summed E-state index contributed by atoms with van der Waals surface area (Å²) < 4.78 is 18.7. The zero-order valence-corrected chi connectivity index (χ0v) is 19.9. The summed E-state index contributed by atoms with van der Waals surface area (Å²) in [7, 11) is -2.19. The van der Waals surface area contributed by atoms with Crippen molar-refractivity contribution in [3.05, 3.63) is 11.6 Å². The van der Waals surface area contributed by atoms with Gasteiger partial charge in [-0.25, -0.2) is 4.79 Å². The van der Waals surface area contributed by atoms with Crippen LogP contribution < -0.4 is 0 Å². The Kier molecular flexibility index (Phi) is 4.32. The maximum Gasteiger partial charge on any atom is 0.334 e. The van der Waals surface area contributed by atoms with Gasteiger partial charge < -0.3 is 19.0 Å². The Bertz CT molecular complexity index is 894. The van der Waals surface area contributed by atoms with Crippen LogP contribution in [0.25, 0.3) is 0 Å². The van der Waals surface area contributed by atoms with E-state index in [1.54, 1.807) is 13.0 Å². The first-order valence-electron chi connectivity index (χ1n) is 10.6. The summed E-state index contributed by atoms with van der Waals surface area (Å²) in [6, 6.07) is 0. The Morgan fingerprint density at radius 3 is 2.53 bits per heavy atom. The van der Waals surface area contributed by atoms with Gasteiger partial charge >= 0.3 is 11.9 Å². The summed E-state index contributed by atoms with van der Waals surface area (Å²) in [6.07, 6.45) is 6.15. The van der Waals surface area contributed by atoms with E-state index in [1.165, 1.54) is 0 Å². The Hall–Kier alpha value is -1.62. The van der Waals surface area contributed by atoms with Crippen molar-refractivity contribution in [2.24, 2.45) is 17.3 Å². The van der Waals surface area contributed by atoms with E-state index >= 15 is 0 Å². The highest BCUT2D eigenvalue weighted by atomic mass is 28.4. The van der Waals surface area contributed by atoms with E-state index in [2.05, 4.69) is 39.8 Å². The zero-order chi connectivity index (χ0) is 22.5. The molecular weight excluding hydrogens is 400 g/mol. The summed E-state index contributed by atoms with van der Waals surface area (Å²) in [4.78, 5) is 25.7. The topological polar surface area (TPSA) is 82.1 Å². The van der Waals surface area contributed by atoms with Crippen LogP contribution >= 0.6 is 0 Å². The van der Waals surface area contributed by atoms with Crippen LogP contribution in [0.5, 0.6) is 0 Å². The normalized spacial score (nSPS) is 42.9. The number of hydrogen-bond donors (Lipinski definition) is 1. The molecule has 7 heteroatoms. The van der Waals surface area contributed by atoms with Crippen LogP contribution in [0.4, 0.5) is 0 Å². The third-order valence-electron chi connectivity index (χ3n) is 8.40. The largest absolute Gasteiger partial charge is 0.461 e. The van der Waals surface area contributed by atoms with E-state index in [-0.39, 0.29) is 29.4 Å². The molecule has 1 spiro atoms. The summed E-state index contributed by atoms with van der Waals surface area (Å²) in [5.41, 5.74) is -2.90. The third-order valence-corrected chi connectivity index (χ3v) is 13.0. The molecule has 2 saturated carbocycles. The van der Waals surface area contributed by atoms with E-state index < -0.39 is 43.0 Å². The van der Waals surface area contributed by atoms with Crippen LogP contribution in [-0.2, 0) is 23.5 Å². The van der Waals surface area contributed by atoms with E-state index in [1.807, 2.05) is 6.92 Å². The van der Waals surface area contributed by atoms with Gasteiger partial charge in [0, 0.05) is 30.3 Å². The third kappa shape index (κ3) is 2.28. The SMILES string of the molecule is C#CC[C@@H](O)[C@]12C(=O)O[C@H]3C[C@](C)(O[Si](C)(C)C(C)(C)C)[C@H]([C@H]31)[C@@]21C=C(C)C(=O)O1. The lowest BCUT2D eigenvalue weighted by atomic mass is 9.41. The minimum Gasteiger partial charge on any atom is -0.461 e. The van der Waals surface area contributed by atoms with Gasteiger partial charge in [-0.2, -0.15) is 0 Å². The quantitative estimate of drug-likeness (QED) is 0.418. The molecule has 2 heterocycles. The summed E-state index contributed by atoms with van der Waals surface area (Å²) >= 11 is 0. The van der Waals surface area contributed by atoms with Gasteiger partial charge in [-0.05, 0) is 38.1 Å². The lowest BCUT2D eigenvalue weighted by molar-refractivity contribution is -0.271. The van der Waals surface area contributed by atoms with Gasteiger partial charge in [-0.15, -0.1) is 12.3 Å². The predicted molar refractivity (Wildman–Crippen MR) is 113 cm³/mol. The molecule has 0 amide bonds. The van der Waals surface area contributed by atoms with Crippen LogP contribution in [0.1, 0.15) is 47.5 Å². The van der Waals surface area contributed by atoms with E-state index in [9.17, 15) is 14.7 Å². The molecule has 164 valence electrons. The van der Waals surface area contributed by atoms with Gasteiger partial charge in [0.05, 0.1) is 11.7 Å². The second-order valence-electron chi connectivity index (χ2n) is 11.1. The molecule has 4 aliphatic rings. The average molecular weight is 433 g/mol. The Labute approximate surface area is 179 Å². The van der Waals surface area contributed by atoms with Crippen molar-refractivity contribution < 1.29 is 28.6 Å². The molecule has 2 aliphatic carbocycles. The van der Waals surface area contributed by atoms with Crippen molar-refractivity contribution in [1.29, 1.82) is 0 Å². The summed E-state index contributed by atoms with van der Waals surface area (Å²) in [5.74, 6) is 0.867. The van der Waals surface area contributed by atoms with Crippen LogP contribution in [0.2, 0.25) is 18.1 Å². The fraction of sp³-hybridized carbons (Fsp3) is 0.739. The average Bonchev–Trinajstić information content (AvgIpc) is 3.09. The number of terminal acetylenes is 1. The molecule has 3 fully saturated rings. The smallest absolute Gasteiger partial charge is 0.334 e. The monoisotopic (exact) mass is 432 g/mol. The molecule has 30 heavy (non-hydrogen) atoms. The standard InChI is InChI=1S/C23H32O6Si/c1-9-10-15(24)23-16-14(27-19(23)26)12-21(6,29-30(7,8)20(3,4)5)17(16)22(23)11-13(2)18(25)28-22/h1,11,14-17,24H,10,12H2,2-8H3/t14-,15+,16-,17-,21-,22-,23+/m0/s1. The predicted octanol–water partition coefficient (Wildman–Crippen LogP) is 2.95. The molecule has 0 radical (unpaired) electrons. The van der Waals surface area contributed by atoms with Crippen LogP contribution in [0.15, 0.2) is 11.6 Å². The van der Waals surface area contributed by atoms with Gasteiger partial charge in [-0.3, -0.25) is 4.79 Å². The Morgan fingerprint density at radius 2 is 2.03 bits per heavy atom. The van der Waals surface area contributed by atoms with Gasteiger partial charge in [0.25, 0.3) is 0 Å². The van der Waals surface area contributed by atoms with Crippen molar-refractivity contribution in [2.75, 3.05) is 0 Å². The second kappa shape index (κ2) is 5.99. The van der Waals surface area contributed by atoms with Gasteiger partial charge in [-0.1, -0.05) is 20.8 Å². The highest BCUT2D eigenvalue weighted by Crippen LogP contribution is 2.77. The maximum absolute atomic E-state index is 13.2. The fourth-order valence-corrected chi connectivity index (χ4v) is 8.01. The van der Waals surface area contributed by atoms with Crippen molar-refractivity contribution in [1.82, 2.24) is 0 Å². The number of carbonyl (C=O) groups excluding carboxylic acids is 2. The minimum atomic E-state index is -2.19. The lowest BCUT2D eigenvalue weighted by Crippen LogP contribution is -2.78. The molecule has 1 N–H and O–H groups in total. The van der Waals surface area contributed by atoms with E-state index in [4.69, 9.17) is 20.3 Å². The Balaban J connectivity index is 1.85.